The molecule has 130 valence electrons. The van der Waals surface area contributed by atoms with Gasteiger partial charge in [0.15, 0.2) is 5.65 Å². The molecule has 0 radical (unpaired) electrons. The van der Waals surface area contributed by atoms with Crippen LogP contribution in [-0.2, 0) is 11.8 Å². The first kappa shape index (κ1) is 16.6. The average Bonchev–Trinajstić information content (AvgIpc) is 2.97. The van der Waals surface area contributed by atoms with Gasteiger partial charge in [-0.2, -0.15) is 5.10 Å². The van der Waals surface area contributed by atoms with Crippen molar-refractivity contribution in [2.24, 2.45) is 7.05 Å². The van der Waals surface area contributed by atoms with E-state index in [9.17, 15) is 4.79 Å². The Bertz CT molecular complexity index is 706. The van der Waals surface area contributed by atoms with Crippen LogP contribution in [0.15, 0.2) is 12.5 Å². The number of fused-ring (bicyclic) bond motifs is 1. The largest absolute Gasteiger partial charge is 0.353 e. The molecule has 0 bridgehead atoms. The summed E-state index contributed by atoms with van der Waals surface area (Å²) < 4.78 is 1.76. The number of anilines is 1. The molecular formula is C16H25N7O. The fraction of sp³-hybridized carbons (Fsp3) is 0.625. The van der Waals surface area contributed by atoms with Crippen molar-refractivity contribution < 1.29 is 4.79 Å². The van der Waals surface area contributed by atoms with Crippen molar-refractivity contribution in [1.82, 2.24) is 30.0 Å². The maximum Gasteiger partial charge on any atom is 0.234 e. The number of hydrogen-bond acceptors (Lipinski definition) is 6. The van der Waals surface area contributed by atoms with Gasteiger partial charge < -0.3 is 10.2 Å². The van der Waals surface area contributed by atoms with E-state index in [4.69, 9.17) is 0 Å². The Labute approximate surface area is 141 Å². The zero-order chi connectivity index (χ0) is 17.1. The second-order valence-corrected chi connectivity index (χ2v) is 6.34. The van der Waals surface area contributed by atoms with Gasteiger partial charge in [0.2, 0.25) is 5.91 Å². The maximum absolute atomic E-state index is 12.0. The van der Waals surface area contributed by atoms with Crippen LogP contribution in [0, 0.1) is 0 Å². The predicted octanol–water partition coefficient (Wildman–Crippen LogP) is 0.400. The van der Waals surface area contributed by atoms with Crippen molar-refractivity contribution >= 4 is 22.8 Å². The van der Waals surface area contributed by atoms with E-state index in [1.807, 2.05) is 20.2 Å². The molecule has 1 atom stereocenters. The summed E-state index contributed by atoms with van der Waals surface area (Å²) in [6, 6.07) is 0.235. The molecule has 3 heterocycles. The Morgan fingerprint density at radius 1 is 1.29 bits per heavy atom. The summed E-state index contributed by atoms with van der Waals surface area (Å²) in [6.45, 7) is 7.95. The highest BCUT2D eigenvalue weighted by atomic mass is 16.2. The van der Waals surface area contributed by atoms with Crippen molar-refractivity contribution in [2.75, 3.05) is 37.6 Å². The molecule has 0 aliphatic carbocycles. The van der Waals surface area contributed by atoms with E-state index >= 15 is 0 Å². The Morgan fingerprint density at radius 3 is 2.75 bits per heavy atom. The Kier molecular flexibility index (Phi) is 4.94. The van der Waals surface area contributed by atoms with Gasteiger partial charge in [-0.05, 0) is 13.3 Å². The van der Waals surface area contributed by atoms with Crippen molar-refractivity contribution in [1.29, 1.82) is 0 Å². The van der Waals surface area contributed by atoms with Crippen LogP contribution in [0.1, 0.15) is 20.3 Å². The lowest BCUT2D eigenvalue weighted by Gasteiger charge is -2.35. The first-order valence-electron chi connectivity index (χ1n) is 8.48. The molecule has 1 amide bonds. The lowest BCUT2D eigenvalue weighted by Crippen LogP contribution is -2.50. The van der Waals surface area contributed by atoms with E-state index in [2.05, 4.69) is 37.1 Å². The molecule has 0 spiro atoms. The molecule has 1 aliphatic heterocycles. The Morgan fingerprint density at radius 2 is 2.04 bits per heavy atom. The molecule has 1 fully saturated rings. The smallest absolute Gasteiger partial charge is 0.234 e. The van der Waals surface area contributed by atoms with E-state index < -0.39 is 0 Å². The van der Waals surface area contributed by atoms with E-state index in [0.717, 1.165) is 49.5 Å². The van der Waals surface area contributed by atoms with Crippen LogP contribution >= 0.6 is 0 Å². The molecule has 0 saturated carbocycles. The fourth-order valence-corrected chi connectivity index (χ4v) is 2.95. The summed E-state index contributed by atoms with van der Waals surface area (Å²) in [6.07, 6.45) is 4.36. The van der Waals surface area contributed by atoms with E-state index in [1.54, 1.807) is 11.0 Å². The molecule has 2 aromatic rings. The average molecular weight is 331 g/mol. The first-order chi connectivity index (χ1) is 11.6. The van der Waals surface area contributed by atoms with Gasteiger partial charge in [0.05, 0.1) is 18.1 Å². The van der Waals surface area contributed by atoms with E-state index in [-0.39, 0.29) is 11.9 Å². The van der Waals surface area contributed by atoms with E-state index in [1.165, 1.54) is 0 Å². The van der Waals surface area contributed by atoms with Crippen LogP contribution in [0.5, 0.6) is 0 Å². The Balaban J connectivity index is 1.59. The van der Waals surface area contributed by atoms with Gasteiger partial charge >= 0.3 is 0 Å². The first-order valence-corrected chi connectivity index (χ1v) is 8.48. The number of piperazine rings is 1. The monoisotopic (exact) mass is 331 g/mol. The summed E-state index contributed by atoms with van der Waals surface area (Å²) in [4.78, 5) is 25.2. The molecule has 2 aromatic heterocycles. The second-order valence-electron chi connectivity index (χ2n) is 6.34. The molecule has 1 unspecified atom stereocenters. The number of hydrogen-bond donors (Lipinski definition) is 1. The molecule has 1 N–H and O–H groups in total. The van der Waals surface area contributed by atoms with Gasteiger partial charge in [0.25, 0.3) is 0 Å². The molecule has 0 aromatic carbocycles. The fourth-order valence-electron chi connectivity index (χ4n) is 2.95. The summed E-state index contributed by atoms with van der Waals surface area (Å²) >= 11 is 0. The summed E-state index contributed by atoms with van der Waals surface area (Å²) in [5, 5.41) is 8.26. The van der Waals surface area contributed by atoms with Crippen LogP contribution in [0.4, 0.5) is 5.82 Å². The Hall–Kier alpha value is -2.22. The lowest BCUT2D eigenvalue weighted by atomic mass is 10.2. The number of aromatic nitrogens is 4. The summed E-state index contributed by atoms with van der Waals surface area (Å²) in [5.74, 6) is 1.03. The highest BCUT2D eigenvalue weighted by Gasteiger charge is 2.22. The molecule has 3 rings (SSSR count). The predicted molar refractivity (Wildman–Crippen MR) is 92.9 cm³/mol. The molecule has 24 heavy (non-hydrogen) atoms. The quantitative estimate of drug-likeness (QED) is 0.854. The zero-order valence-corrected chi connectivity index (χ0v) is 14.6. The highest BCUT2D eigenvalue weighted by Crippen LogP contribution is 2.23. The number of aryl methyl sites for hydroxylation is 1. The second kappa shape index (κ2) is 7.12. The van der Waals surface area contributed by atoms with Crippen molar-refractivity contribution in [3.63, 3.8) is 0 Å². The highest BCUT2D eigenvalue weighted by molar-refractivity contribution is 5.86. The lowest BCUT2D eigenvalue weighted by molar-refractivity contribution is -0.122. The normalized spacial score (nSPS) is 17.2. The standard InChI is InChI=1S/C16H25N7O/c1-4-12(2)20-14(24)10-22-5-7-23(8-6-22)16-13-9-19-21(3)15(13)17-11-18-16/h9,11-12H,4-8,10H2,1-3H3,(H,20,24). The van der Waals surface area contributed by atoms with Gasteiger partial charge in [-0.3, -0.25) is 14.4 Å². The molecular weight excluding hydrogens is 306 g/mol. The third-order valence-electron chi connectivity index (χ3n) is 4.57. The minimum Gasteiger partial charge on any atom is -0.353 e. The van der Waals surface area contributed by atoms with Gasteiger partial charge in [-0.15, -0.1) is 0 Å². The molecule has 1 aliphatic rings. The van der Waals surface area contributed by atoms with Crippen molar-refractivity contribution in [3.05, 3.63) is 12.5 Å². The molecule has 1 saturated heterocycles. The number of rotatable bonds is 5. The molecule has 8 heteroatoms. The van der Waals surface area contributed by atoms with Gasteiger partial charge in [0.1, 0.15) is 12.1 Å². The number of nitrogens with one attached hydrogen (secondary N) is 1. The minimum atomic E-state index is 0.106. The van der Waals surface area contributed by atoms with Crippen LogP contribution < -0.4 is 10.2 Å². The number of nitrogens with zero attached hydrogens (tertiary/aromatic N) is 6. The van der Waals surface area contributed by atoms with Crippen LogP contribution in [0.25, 0.3) is 11.0 Å². The number of carbonyl (C=O) groups is 1. The van der Waals surface area contributed by atoms with Gasteiger partial charge in [-0.1, -0.05) is 6.92 Å². The van der Waals surface area contributed by atoms with Gasteiger partial charge in [0, 0.05) is 39.3 Å². The van der Waals surface area contributed by atoms with Gasteiger partial charge in [-0.25, -0.2) is 9.97 Å². The van der Waals surface area contributed by atoms with Crippen LogP contribution in [0.2, 0.25) is 0 Å². The third-order valence-corrected chi connectivity index (χ3v) is 4.57. The van der Waals surface area contributed by atoms with Crippen molar-refractivity contribution in [3.8, 4) is 0 Å². The van der Waals surface area contributed by atoms with Crippen LogP contribution in [-0.4, -0.2) is 69.3 Å². The molecule has 8 nitrogen and oxygen atoms in total. The third kappa shape index (κ3) is 3.48. The summed E-state index contributed by atoms with van der Waals surface area (Å²) in [5.41, 5.74) is 0.843. The van der Waals surface area contributed by atoms with Crippen molar-refractivity contribution in [2.45, 2.75) is 26.3 Å². The van der Waals surface area contributed by atoms with E-state index in [0.29, 0.717) is 6.54 Å². The maximum atomic E-state index is 12.0. The zero-order valence-electron chi connectivity index (χ0n) is 14.6. The minimum absolute atomic E-state index is 0.106. The topological polar surface area (TPSA) is 79.2 Å². The SMILES string of the molecule is CCC(C)NC(=O)CN1CCN(c2ncnc3c2cnn3C)CC1. The van der Waals surface area contributed by atoms with Crippen LogP contribution in [0.3, 0.4) is 0 Å². The number of amides is 1. The summed E-state index contributed by atoms with van der Waals surface area (Å²) in [7, 11) is 1.88. The number of carbonyl (C=O) groups excluding carboxylic acids is 1.